The van der Waals surface area contributed by atoms with Crippen molar-refractivity contribution in [1.82, 2.24) is 5.09 Å². The van der Waals surface area contributed by atoms with Gasteiger partial charge in [-0.1, -0.05) is 0 Å². The van der Waals surface area contributed by atoms with Crippen LogP contribution in [0.2, 0.25) is 0 Å². The van der Waals surface area contributed by atoms with Gasteiger partial charge in [-0.15, -0.1) is 0 Å². The van der Waals surface area contributed by atoms with E-state index in [1.54, 1.807) is 0 Å². The molecule has 0 aromatic heterocycles. The minimum Gasteiger partial charge on any atom is -0.341 e. The molecular formula is C3H8NOPS. The Morgan fingerprint density at radius 1 is 1.86 bits per heavy atom. The number of amides is 1. The maximum absolute atomic E-state index is 10.2. The summed E-state index contributed by atoms with van der Waals surface area (Å²) in [5.41, 5.74) is 0. The summed E-state index contributed by atoms with van der Waals surface area (Å²) in [4.78, 5) is 10.2. The second-order valence-corrected chi connectivity index (χ2v) is 1.78. The van der Waals surface area contributed by atoms with Gasteiger partial charge in [0.15, 0.2) is 0 Å². The quantitative estimate of drug-likeness (QED) is 0.413. The van der Waals surface area contributed by atoms with Crippen LogP contribution in [0.5, 0.6) is 0 Å². The number of hydrogen-bond acceptors (Lipinski definition) is 2. The summed E-state index contributed by atoms with van der Waals surface area (Å²) in [7, 11) is 2.13. The summed E-state index contributed by atoms with van der Waals surface area (Å²) in [5.74, 6) is 0.625. The molecule has 42 valence electrons. The van der Waals surface area contributed by atoms with Gasteiger partial charge in [0.25, 0.3) is 0 Å². The molecule has 0 heterocycles. The van der Waals surface area contributed by atoms with Crippen molar-refractivity contribution in [2.75, 3.05) is 5.75 Å². The van der Waals surface area contributed by atoms with Gasteiger partial charge in [0.05, 0.1) is 0 Å². The summed E-state index contributed by atoms with van der Waals surface area (Å²) >= 11 is 3.84. The molecule has 7 heavy (non-hydrogen) atoms. The van der Waals surface area contributed by atoms with Gasteiger partial charge in [-0.05, 0) is 15.1 Å². The number of thiol groups is 1. The van der Waals surface area contributed by atoms with Gasteiger partial charge >= 0.3 is 0 Å². The SMILES string of the molecule is O=C(CCS)NP. The van der Waals surface area contributed by atoms with Gasteiger partial charge in [0.2, 0.25) is 5.91 Å². The van der Waals surface area contributed by atoms with Gasteiger partial charge in [0.1, 0.15) is 0 Å². The van der Waals surface area contributed by atoms with Gasteiger partial charge in [-0.2, -0.15) is 12.6 Å². The second kappa shape index (κ2) is 4.41. The van der Waals surface area contributed by atoms with E-state index in [0.717, 1.165) is 0 Å². The lowest BCUT2D eigenvalue weighted by molar-refractivity contribution is -0.118. The van der Waals surface area contributed by atoms with Gasteiger partial charge < -0.3 is 5.09 Å². The molecule has 1 amide bonds. The molecular weight excluding hydrogens is 129 g/mol. The largest absolute Gasteiger partial charge is 0.341 e. The van der Waals surface area contributed by atoms with Crippen LogP contribution in [0.3, 0.4) is 0 Å². The zero-order valence-corrected chi connectivity index (χ0v) is 5.90. The molecule has 1 unspecified atom stereocenters. The lowest BCUT2D eigenvalue weighted by Gasteiger charge is -1.90. The Labute approximate surface area is 50.7 Å². The summed E-state index contributed by atoms with van der Waals surface area (Å²) in [5, 5.41) is 2.39. The van der Waals surface area contributed by atoms with Crippen LogP contribution in [0.4, 0.5) is 0 Å². The number of nitrogens with one attached hydrogen (secondary N) is 1. The predicted molar refractivity (Wildman–Crippen MR) is 36.3 cm³/mol. The van der Waals surface area contributed by atoms with Crippen LogP contribution in [-0.2, 0) is 4.79 Å². The second-order valence-electron chi connectivity index (χ2n) is 1.04. The Morgan fingerprint density at radius 3 is 2.57 bits per heavy atom. The number of carbonyl (C=O) groups is 1. The highest BCUT2D eigenvalue weighted by atomic mass is 32.1. The molecule has 0 rings (SSSR count). The average molecular weight is 137 g/mol. The fraction of sp³-hybridized carbons (Fsp3) is 0.667. The van der Waals surface area contributed by atoms with Crippen LogP contribution in [0.25, 0.3) is 0 Å². The van der Waals surface area contributed by atoms with Crippen molar-refractivity contribution in [3.8, 4) is 0 Å². The summed E-state index contributed by atoms with van der Waals surface area (Å²) < 4.78 is 0. The molecule has 0 bridgehead atoms. The predicted octanol–water partition coefficient (Wildman–Crippen LogP) is 0.213. The summed E-state index contributed by atoms with van der Waals surface area (Å²) in [6.07, 6.45) is 0.493. The van der Waals surface area contributed by atoms with Crippen molar-refractivity contribution in [2.45, 2.75) is 6.42 Å². The van der Waals surface area contributed by atoms with Crippen LogP contribution >= 0.6 is 22.0 Å². The smallest absolute Gasteiger partial charge is 0.223 e. The highest BCUT2D eigenvalue weighted by Gasteiger charge is 1.90. The highest BCUT2D eigenvalue weighted by Crippen LogP contribution is 1.83. The monoisotopic (exact) mass is 137 g/mol. The van der Waals surface area contributed by atoms with E-state index in [0.29, 0.717) is 12.2 Å². The average Bonchev–Trinajstić information content (AvgIpc) is 1.68. The molecule has 0 aromatic carbocycles. The molecule has 0 radical (unpaired) electrons. The number of carbonyl (C=O) groups excluding carboxylic acids is 1. The lowest BCUT2D eigenvalue weighted by atomic mass is 10.5. The Kier molecular flexibility index (Phi) is 4.57. The maximum atomic E-state index is 10.2. The van der Waals surface area contributed by atoms with Crippen LogP contribution in [0.1, 0.15) is 6.42 Å². The molecule has 0 aliphatic rings. The molecule has 1 N–H and O–H groups in total. The summed E-state index contributed by atoms with van der Waals surface area (Å²) in [6, 6.07) is 0. The van der Waals surface area contributed by atoms with E-state index in [1.165, 1.54) is 0 Å². The molecule has 0 aliphatic carbocycles. The summed E-state index contributed by atoms with van der Waals surface area (Å²) in [6.45, 7) is 0. The van der Waals surface area contributed by atoms with Crippen LogP contribution in [0.15, 0.2) is 0 Å². The number of rotatable bonds is 2. The van der Waals surface area contributed by atoms with E-state index in [2.05, 4.69) is 27.1 Å². The van der Waals surface area contributed by atoms with E-state index >= 15 is 0 Å². The fourth-order valence-corrected chi connectivity index (χ4v) is 0.521. The first-order chi connectivity index (χ1) is 3.31. The van der Waals surface area contributed by atoms with E-state index in [9.17, 15) is 4.79 Å². The van der Waals surface area contributed by atoms with Gasteiger partial charge in [-0.3, -0.25) is 4.79 Å². The molecule has 1 atom stereocenters. The third kappa shape index (κ3) is 4.10. The van der Waals surface area contributed by atoms with Crippen LogP contribution < -0.4 is 5.09 Å². The zero-order chi connectivity index (χ0) is 5.70. The Morgan fingerprint density at radius 2 is 2.43 bits per heavy atom. The Hall–Kier alpha value is 0.250. The first-order valence-corrected chi connectivity index (χ1v) is 3.12. The van der Waals surface area contributed by atoms with Gasteiger partial charge in [0, 0.05) is 6.42 Å². The van der Waals surface area contributed by atoms with E-state index in [4.69, 9.17) is 0 Å². The molecule has 0 saturated carbocycles. The normalized spacial score (nSPS) is 8.29. The molecule has 2 nitrogen and oxygen atoms in total. The van der Waals surface area contributed by atoms with Crippen molar-refractivity contribution in [1.29, 1.82) is 0 Å². The minimum absolute atomic E-state index is 0.0139. The fourth-order valence-electron chi connectivity index (χ4n) is 0.174. The molecule has 0 fully saturated rings. The highest BCUT2D eigenvalue weighted by molar-refractivity contribution is 7.80. The third-order valence-electron chi connectivity index (χ3n) is 0.500. The Balaban J connectivity index is 3.00. The van der Waals surface area contributed by atoms with Crippen LogP contribution in [-0.4, -0.2) is 11.7 Å². The molecule has 4 heteroatoms. The zero-order valence-electron chi connectivity index (χ0n) is 3.85. The van der Waals surface area contributed by atoms with E-state index < -0.39 is 0 Å². The molecule has 0 saturated heterocycles. The molecule has 0 spiro atoms. The third-order valence-corrected chi connectivity index (χ3v) is 1.05. The van der Waals surface area contributed by atoms with Crippen molar-refractivity contribution >= 4 is 27.9 Å². The molecule has 0 aromatic rings. The van der Waals surface area contributed by atoms with E-state index in [-0.39, 0.29) is 5.91 Å². The number of hydrogen-bond donors (Lipinski definition) is 2. The van der Waals surface area contributed by atoms with Crippen molar-refractivity contribution < 1.29 is 4.79 Å². The first kappa shape index (κ1) is 7.25. The van der Waals surface area contributed by atoms with Crippen molar-refractivity contribution in [3.05, 3.63) is 0 Å². The standard InChI is InChI=1S/C3H8NOPS/c5-3(4-6)1-2-7/h7H,1-2,6H2,(H,4,5). The van der Waals surface area contributed by atoms with Crippen LogP contribution in [0, 0.1) is 0 Å². The molecule has 0 aliphatic heterocycles. The van der Waals surface area contributed by atoms with Crippen molar-refractivity contribution in [2.24, 2.45) is 0 Å². The first-order valence-electron chi connectivity index (χ1n) is 1.91. The minimum atomic E-state index is 0.0139. The van der Waals surface area contributed by atoms with Crippen molar-refractivity contribution in [3.63, 3.8) is 0 Å². The van der Waals surface area contributed by atoms with Gasteiger partial charge in [-0.25, -0.2) is 0 Å². The maximum Gasteiger partial charge on any atom is 0.223 e. The van der Waals surface area contributed by atoms with E-state index in [1.807, 2.05) is 0 Å². The topological polar surface area (TPSA) is 29.1 Å². The Bertz CT molecular complexity index is 68.0. The lowest BCUT2D eigenvalue weighted by Crippen LogP contribution is -2.10.